The van der Waals surface area contributed by atoms with Gasteiger partial charge in [-0.25, -0.2) is 14.1 Å². The predicted molar refractivity (Wildman–Crippen MR) is 109 cm³/mol. The van der Waals surface area contributed by atoms with Crippen LogP contribution in [0, 0.1) is 0 Å². The van der Waals surface area contributed by atoms with Crippen molar-refractivity contribution in [3.8, 4) is 0 Å². The van der Waals surface area contributed by atoms with E-state index < -0.39 is 15.9 Å². The maximum atomic E-state index is 13.0. The fourth-order valence-corrected chi connectivity index (χ4v) is 5.60. The summed E-state index contributed by atoms with van der Waals surface area (Å²) < 4.78 is 23.9. The van der Waals surface area contributed by atoms with Crippen LogP contribution in [0.15, 0.2) is 21.5 Å². The van der Waals surface area contributed by atoms with Crippen LogP contribution < -0.4 is 10.5 Å². The van der Waals surface area contributed by atoms with Gasteiger partial charge in [-0.1, -0.05) is 13.0 Å². The van der Waals surface area contributed by atoms with E-state index in [9.17, 15) is 9.00 Å². The van der Waals surface area contributed by atoms with E-state index in [0.29, 0.717) is 25.7 Å². The highest BCUT2D eigenvalue weighted by Gasteiger charge is 2.28. The summed E-state index contributed by atoms with van der Waals surface area (Å²) in [6, 6.07) is 3.24. The molecule has 3 N–H and O–H groups in total. The maximum Gasteiger partial charge on any atom is 0.354 e. The summed E-state index contributed by atoms with van der Waals surface area (Å²) in [6.45, 7) is 3.72. The van der Waals surface area contributed by atoms with Crippen LogP contribution >= 0.6 is 0 Å². The van der Waals surface area contributed by atoms with Crippen LogP contribution in [-0.2, 0) is 47.1 Å². The van der Waals surface area contributed by atoms with Gasteiger partial charge in [0.15, 0.2) is 14.9 Å². The van der Waals surface area contributed by atoms with Crippen LogP contribution in [0.4, 0.5) is 10.5 Å². The van der Waals surface area contributed by atoms with Gasteiger partial charge in [-0.05, 0) is 60.3 Å². The minimum absolute atomic E-state index is 0.116. The van der Waals surface area contributed by atoms with E-state index in [0.717, 1.165) is 43.5 Å². The highest BCUT2D eigenvalue weighted by Crippen LogP contribution is 2.43. The van der Waals surface area contributed by atoms with E-state index in [1.54, 1.807) is 10.7 Å². The summed E-state index contributed by atoms with van der Waals surface area (Å²) in [6.07, 6.45) is 5.07. The number of nitrogens with zero attached hydrogens (tertiary/aromatic N) is 3. The molecule has 2 atom stereocenters. The van der Waals surface area contributed by atoms with Gasteiger partial charge in [-0.3, -0.25) is 4.68 Å². The van der Waals surface area contributed by atoms with Crippen LogP contribution in [0.3, 0.4) is 0 Å². The first-order valence-electron chi connectivity index (χ1n) is 10.1. The number of rotatable bonds is 2. The van der Waals surface area contributed by atoms with Crippen molar-refractivity contribution in [2.45, 2.75) is 63.1 Å². The van der Waals surface area contributed by atoms with E-state index >= 15 is 0 Å². The number of hydrogen-bond acceptors (Lipinski definition) is 4. The molecule has 2 heterocycles. The second-order valence-corrected chi connectivity index (χ2v) is 9.83. The number of benzene rings is 1. The van der Waals surface area contributed by atoms with Crippen LogP contribution in [-0.4, -0.2) is 26.6 Å². The Balaban J connectivity index is 1.47. The van der Waals surface area contributed by atoms with Crippen LogP contribution in [0.2, 0.25) is 0 Å². The van der Waals surface area contributed by atoms with Gasteiger partial charge < -0.3 is 10.1 Å². The number of amides is 2. The molecule has 0 saturated heterocycles. The third kappa shape index (κ3) is 3.27. The zero-order chi connectivity index (χ0) is 20.2. The predicted octanol–water partition coefficient (Wildman–Crippen LogP) is 2.88. The van der Waals surface area contributed by atoms with E-state index in [1.165, 1.54) is 22.3 Å². The van der Waals surface area contributed by atoms with Crippen molar-refractivity contribution in [1.82, 2.24) is 9.78 Å². The van der Waals surface area contributed by atoms with Crippen molar-refractivity contribution in [2.75, 3.05) is 11.9 Å². The molecule has 0 spiro atoms. The van der Waals surface area contributed by atoms with Gasteiger partial charge in [-0.15, -0.1) is 4.36 Å². The number of hydrogen-bond donors (Lipinski definition) is 2. The lowest BCUT2D eigenvalue weighted by Crippen LogP contribution is -2.20. The summed E-state index contributed by atoms with van der Waals surface area (Å²) in [7, 11) is -3.44. The topological polar surface area (TPSA) is 112 Å². The Labute approximate surface area is 170 Å². The fourth-order valence-electron chi connectivity index (χ4n) is 4.70. The zero-order valence-electron chi connectivity index (χ0n) is 16.4. The highest BCUT2D eigenvalue weighted by atomic mass is 32.2. The van der Waals surface area contributed by atoms with E-state index in [1.807, 2.05) is 0 Å². The fraction of sp³-hybridized carbons (Fsp3) is 0.500. The number of carbonyl (C=O) groups is 1. The molecular weight excluding hydrogens is 390 g/mol. The van der Waals surface area contributed by atoms with Gasteiger partial charge in [0.1, 0.15) is 0 Å². The molecule has 0 radical (unpaired) electrons. The Hall–Kier alpha value is -2.23. The van der Waals surface area contributed by atoms with Gasteiger partial charge in [0.25, 0.3) is 0 Å². The lowest BCUT2D eigenvalue weighted by atomic mass is 9.96. The maximum absolute atomic E-state index is 13.0. The Bertz CT molecular complexity index is 1110. The number of anilines is 1. The first-order valence-corrected chi connectivity index (χ1v) is 11.7. The van der Waals surface area contributed by atoms with Gasteiger partial charge >= 0.3 is 6.03 Å². The van der Waals surface area contributed by atoms with Crippen molar-refractivity contribution in [3.05, 3.63) is 40.1 Å². The molecule has 154 valence electrons. The molecular formula is C20H25N5O3S. The smallest absolute Gasteiger partial charge is 0.354 e. The lowest BCUT2D eigenvalue weighted by Gasteiger charge is -2.16. The van der Waals surface area contributed by atoms with Crippen LogP contribution in [0.25, 0.3) is 0 Å². The minimum Gasteiger partial charge on any atom is -0.373 e. The molecule has 29 heavy (non-hydrogen) atoms. The first-order chi connectivity index (χ1) is 13.9. The van der Waals surface area contributed by atoms with E-state index in [2.05, 4.69) is 27.8 Å². The zero-order valence-corrected chi connectivity index (χ0v) is 17.3. The van der Waals surface area contributed by atoms with Gasteiger partial charge in [-0.2, -0.15) is 5.10 Å². The quantitative estimate of drug-likeness (QED) is 0.785. The summed E-state index contributed by atoms with van der Waals surface area (Å²) in [5.41, 5.74) is 6.66. The normalized spacial score (nSPS) is 21.8. The molecule has 1 aliphatic heterocycles. The van der Waals surface area contributed by atoms with Gasteiger partial charge in [0.2, 0.25) is 0 Å². The molecule has 2 aliphatic carbocycles. The summed E-state index contributed by atoms with van der Waals surface area (Å²) in [4.78, 5) is 12.7. The molecule has 2 unspecified atom stereocenters. The van der Waals surface area contributed by atoms with Gasteiger partial charge in [0, 0.05) is 11.8 Å². The van der Waals surface area contributed by atoms with Crippen molar-refractivity contribution in [3.63, 3.8) is 0 Å². The van der Waals surface area contributed by atoms with E-state index in [-0.39, 0.29) is 5.03 Å². The monoisotopic (exact) mass is 415 g/mol. The third-order valence-corrected chi connectivity index (χ3v) is 7.42. The van der Waals surface area contributed by atoms with Crippen molar-refractivity contribution in [2.24, 2.45) is 9.50 Å². The number of aryl methyl sites for hydroxylation is 1. The van der Waals surface area contributed by atoms with Crippen molar-refractivity contribution >= 4 is 21.6 Å². The number of aromatic nitrogens is 2. The molecule has 1 aromatic carbocycles. The second kappa shape index (κ2) is 6.93. The summed E-state index contributed by atoms with van der Waals surface area (Å²) >= 11 is 0. The number of urea groups is 1. The lowest BCUT2D eigenvalue weighted by molar-refractivity contribution is 0.0799. The average Bonchev–Trinajstić information content (AvgIpc) is 3.40. The molecule has 0 saturated carbocycles. The molecule has 1 aromatic heterocycles. The molecule has 8 nitrogen and oxygen atoms in total. The minimum atomic E-state index is -3.44. The number of nitrogens with two attached hydrogens (primary N) is 1. The molecule has 5 rings (SSSR count). The Morgan fingerprint density at radius 2 is 2.21 bits per heavy atom. The highest BCUT2D eigenvalue weighted by molar-refractivity contribution is 7.91. The Morgan fingerprint density at radius 3 is 3.03 bits per heavy atom. The molecule has 0 bridgehead atoms. The third-order valence-electron chi connectivity index (χ3n) is 6.19. The Morgan fingerprint density at radius 1 is 1.34 bits per heavy atom. The van der Waals surface area contributed by atoms with Crippen LogP contribution in [0.1, 0.15) is 53.6 Å². The molecule has 2 amide bonds. The molecule has 3 aliphatic rings. The second-order valence-electron chi connectivity index (χ2n) is 8.09. The van der Waals surface area contributed by atoms with E-state index in [4.69, 9.17) is 9.88 Å². The van der Waals surface area contributed by atoms with Crippen molar-refractivity contribution < 1.29 is 13.7 Å². The first kappa shape index (κ1) is 18.8. The van der Waals surface area contributed by atoms with Gasteiger partial charge in [0.05, 0.1) is 25.5 Å². The molecule has 2 aromatic rings. The van der Waals surface area contributed by atoms with Crippen molar-refractivity contribution in [1.29, 1.82) is 0 Å². The largest absolute Gasteiger partial charge is 0.373 e. The average molecular weight is 416 g/mol. The summed E-state index contributed by atoms with van der Waals surface area (Å²) in [5.74, 6) is 0.487. The molecule has 9 heteroatoms. The number of ether oxygens (including phenoxy) is 1. The standard InChI is InChI=1S/C20H25N5O3S/c1-12-5-6-16-17(12)9-13-3-2-4-15(13)19(16)22-20(26)24-29(21,27)18-10-14-11-28-8-7-25(14)23-18/h9-10,12H,2-8,11H2,1H3,(H3,21,22,24,26,27). The van der Waals surface area contributed by atoms with Crippen LogP contribution in [0.5, 0.6) is 0 Å². The number of nitrogens with one attached hydrogen (secondary N) is 1. The number of carbonyl (C=O) groups excluding carboxylic acids is 1. The summed E-state index contributed by atoms with van der Waals surface area (Å²) in [5, 5.41) is 13.2. The number of fused-ring (bicyclic) bond motifs is 3. The Kier molecular flexibility index (Phi) is 4.49. The SMILES string of the molecule is CC1CCc2c1cc1c(c2NC(=O)N=S(N)(=O)c2cc3n(n2)CCOC3)CCC1. The molecule has 0 fully saturated rings.